The molecule has 0 saturated carbocycles. The molecule has 220 valence electrons. The van der Waals surface area contributed by atoms with Crippen LogP contribution in [0.3, 0.4) is 0 Å². The van der Waals surface area contributed by atoms with Crippen LogP contribution in [-0.4, -0.2) is 9.13 Å². The molecule has 0 aliphatic carbocycles. The molecule has 0 amide bonds. The summed E-state index contributed by atoms with van der Waals surface area (Å²) in [7, 11) is 0. The van der Waals surface area contributed by atoms with Gasteiger partial charge in [0.25, 0.3) is 0 Å². The molecule has 0 unspecified atom stereocenters. The van der Waals surface area contributed by atoms with E-state index in [-0.39, 0.29) is 0 Å². The first-order chi connectivity index (χ1) is 23.3. The summed E-state index contributed by atoms with van der Waals surface area (Å²) in [5.41, 5.74) is 12.3. The second-order valence-corrected chi connectivity index (χ2v) is 12.1. The molecule has 0 fully saturated rings. The second kappa shape index (κ2) is 10.1. The predicted octanol–water partition coefficient (Wildman–Crippen LogP) is 12.0. The maximum atomic E-state index is 6.64. The van der Waals surface area contributed by atoms with Crippen LogP contribution in [0, 0.1) is 0 Å². The Morgan fingerprint density at radius 1 is 0.340 bits per heavy atom. The minimum Gasteiger partial charge on any atom is -0.439 e. The fraction of sp³-hybridized carbons (Fsp3) is 0. The second-order valence-electron chi connectivity index (χ2n) is 12.1. The molecule has 47 heavy (non-hydrogen) atoms. The molecule has 10 rings (SSSR count). The van der Waals surface area contributed by atoms with Crippen LogP contribution in [0.1, 0.15) is 0 Å². The highest BCUT2D eigenvalue weighted by Gasteiger charge is 2.22. The lowest BCUT2D eigenvalue weighted by atomic mass is 9.99. The van der Waals surface area contributed by atoms with E-state index in [1.165, 1.54) is 49.4 Å². The molecule has 3 aromatic heterocycles. The number of hydrogen-bond acceptors (Lipinski definition) is 1. The quantitative estimate of drug-likeness (QED) is 0.197. The Balaban J connectivity index is 1.17. The summed E-state index contributed by atoms with van der Waals surface area (Å²) in [5.74, 6) is 0. The minimum atomic E-state index is 0.864. The van der Waals surface area contributed by atoms with Gasteiger partial charge in [0.1, 0.15) is 5.58 Å². The van der Waals surface area contributed by atoms with Crippen molar-refractivity contribution >= 4 is 54.8 Å². The van der Waals surface area contributed by atoms with Crippen LogP contribution < -0.4 is 0 Å². The predicted molar refractivity (Wildman–Crippen MR) is 196 cm³/mol. The summed E-state index contributed by atoms with van der Waals surface area (Å²) in [6.07, 6.45) is 0. The van der Waals surface area contributed by atoms with Gasteiger partial charge in [0.2, 0.25) is 5.71 Å². The summed E-state index contributed by atoms with van der Waals surface area (Å²) in [5, 5.41) is 6.00. The number of benzene rings is 7. The summed E-state index contributed by atoms with van der Waals surface area (Å²) >= 11 is 0. The zero-order chi connectivity index (χ0) is 30.9. The molecule has 0 bridgehead atoms. The third kappa shape index (κ3) is 3.87. The Morgan fingerprint density at radius 2 is 0.872 bits per heavy atom. The fourth-order valence-electron chi connectivity index (χ4n) is 7.45. The van der Waals surface area contributed by atoms with Gasteiger partial charge in [0.05, 0.1) is 21.9 Å². The number of aromatic nitrogens is 2. The summed E-state index contributed by atoms with van der Waals surface area (Å²) < 4.78 is 11.3. The maximum Gasteiger partial charge on any atom is 0.213 e. The van der Waals surface area contributed by atoms with E-state index in [1.54, 1.807) is 0 Å². The molecule has 0 N–H and O–H groups in total. The topological polar surface area (TPSA) is 23.0 Å². The third-order valence-corrected chi connectivity index (χ3v) is 9.56. The van der Waals surface area contributed by atoms with Gasteiger partial charge < -0.3 is 8.98 Å². The van der Waals surface area contributed by atoms with Gasteiger partial charge >= 0.3 is 0 Å². The van der Waals surface area contributed by atoms with Crippen molar-refractivity contribution in [1.82, 2.24) is 9.13 Å². The number of nitrogens with zero attached hydrogens (tertiary/aromatic N) is 2. The Hall–Kier alpha value is -6.32. The van der Waals surface area contributed by atoms with E-state index in [0.717, 1.165) is 39.0 Å². The Kier molecular flexibility index (Phi) is 5.57. The van der Waals surface area contributed by atoms with Crippen LogP contribution in [0.25, 0.3) is 88.4 Å². The Bertz CT molecular complexity index is 2710. The first kappa shape index (κ1) is 26.0. The van der Waals surface area contributed by atoms with E-state index in [4.69, 9.17) is 4.42 Å². The lowest BCUT2D eigenvalue weighted by molar-refractivity contribution is 0.645. The monoisotopic (exact) mass is 600 g/mol. The van der Waals surface area contributed by atoms with E-state index in [0.29, 0.717) is 0 Å². The highest BCUT2D eigenvalue weighted by atomic mass is 16.3. The highest BCUT2D eigenvalue weighted by Crippen LogP contribution is 2.43. The first-order valence-corrected chi connectivity index (χ1v) is 16.0. The summed E-state index contributed by atoms with van der Waals surface area (Å²) in [4.78, 5) is 0. The molecule has 0 spiro atoms. The SMILES string of the molecule is c1ccc(-c2ccc(-n3c4cccc(-c5ccc(-n6c7ccccc7c7ccccc76)cc5)c4c4c5ccccc5oc43)cc2)cc1. The van der Waals surface area contributed by atoms with Crippen molar-refractivity contribution in [3.63, 3.8) is 0 Å². The van der Waals surface area contributed by atoms with Crippen LogP contribution in [0.5, 0.6) is 0 Å². The van der Waals surface area contributed by atoms with E-state index in [2.05, 4.69) is 173 Å². The maximum absolute atomic E-state index is 6.64. The fourth-order valence-corrected chi connectivity index (χ4v) is 7.45. The molecule has 7 aromatic carbocycles. The molecular weight excluding hydrogens is 572 g/mol. The van der Waals surface area contributed by atoms with Gasteiger partial charge in [-0.05, 0) is 70.8 Å². The van der Waals surface area contributed by atoms with Crippen molar-refractivity contribution in [2.75, 3.05) is 0 Å². The van der Waals surface area contributed by atoms with Crippen molar-refractivity contribution < 1.29 is 4.42 Å². The molecule has 0 saturated heterocycles. The van der Waals surface area contributed by atoms with E-state index in [9.17, 15) is 0 Å². The van der Waals surface area contributed by atoms with Crippen molar-refractivity contribution in [3.8, 4) is 33.6 Å². The largest absolute Gasteiger partial charge is 0.439 e. The molecule has 3 heterocycles. The van der Waals surface area contributed by atoms with Gasteiger partial charge in [0, 0.05) is 32.9 Å². The van der Waals surface area contributed by atoms with Crippen molar-refractivity contribution in [1.29, 1.82) is 0 Å². The zero-order valence-corrected chi connectivity index (χ0v) is 25.5. The number of furan rings is 1. The first-order valence-electron chi connectivity index (χ1n) is 16.0. The number of para-hydroxylation sites is 3. The normalized spacial score (nSPS) is 11.8. The molecule has 0 radical (unpaired) electrons. The van der Waals surface area contributed by atoms with E-state index < -0.39 is 0 Å². The smallest absolute Gasteiger partial charge is 0.213 e. The lowest BCUT2D eigenvalue weighted by Crippen LogP contribution is -1.94. The van der Waals surface area contributed by atoms with Crippen LogP contribution in [-0.2, 0) is 0 Å². The molecular formula is C44H28N2O. The van der Waals surface area contributed by atoms with Crippen molar-refractivity contribution in [2.45, 2.75) is 0 Å². The van der Waals surface area contributed by atoms with E-state index in [1.807, 2.05) is 6.07 Å². The molecule has 3 heteroatoms. The van der Waals surface area contributed by atoms with Crippen LogP contribution in [0.4, 0.5) is 0 Å². The van der Waals surface area contributed by atoms with Crippen LogP contribution in [0.2, 0.25) is 0 Å². The average Bonchev–Trinajstić information content (AvgIpc) is 3.79. The minimum absolute atomic E-state index is 0.864. The average molecular weight is 601 g/mol. The highest BCUT2D eigenvalue weighted by molar-refractivity contribution is 6.24. The van der Waals surface area contributed by atoms with Gasteiger partial charge in [-0.1, -0.05) is 121 Å². The van der Waals surface area contributed by atoms with Gasteiger partial charge in [-0.2, -0.15) is 0 Å². The molecule has 3 nitrogen and oxygen atoms in total. The molecule has 0 atom stereocenters. The van der Waals surface area contributed by atoms with Gasteiger partial charge in [-0.15, -0.1) is 0 Å². The number of rotatable bonds is 4. The van der Waals surface area contributed by atoms with Crippen LogP contribution in [0.15, 0.2) is 174 Å². The number of fused-ring (bicyclic) bond motifs is 8. The van der Waals surface area contributed by atoms with Crippen LogP contribution >= 0.6 is 0 Å². The van der Waals surface area contributed by atoms with Gasteiger partial charge in [0.15, 0.2) is 0 Å². The Morgan fingerprint density at radius 3 is 1.57 bits per heavy atom. The summed E-state index contributed by atoms with van der Waals surface area (Å²) in [6.45, 7) is 0. The van der Waals surface area contributed by atoms with Crippen molar-refractivity contribution in [3.05, 3.63) is 170 Å². The van der Waals surface area contributed by atoms with E-state index >= 15 is 0 Å². The zero-order valence-electron chi connectivity index (χ0n) is 25.5. The van der Waals surface area contributed by atoms with Gasteiger partial charge in [-0.3, -0.25) is 4.57 Å². The van der Waals surface area contributed by atoms with Crippen molar-refractivity contribution in [2.24, 2.45) is 0 Å². The standard InChI is InChI=1S/C44H28N2O/c1-2-11-29(12-3-1)30-21-25-33(26-22-30)46-40-19-10-16-34(42(40)43-37-15-6-9-20-41(37)47-44(43)46)31-23-27-32(28-24-31)45-38-17-7-4-13-35(38)36-14-5-8-18-39(36)45/h1-28H. The summed E-state index contributed by atoms with van der Waals surface area (Å²) in [6, 6.07) is 60.6. The number of hydrogen-bond donors (Lipinski definition) is 0. The Labute approximate surface area is 271 Å². The molecule has 0 aliphatic heterocycles. The molecule has 10 aromatic rings. The lowest BCUT2D eigenvalue weighted by Gasteiger charge is -2.11. The molecule has 0 aliphatic rings. The van der Waals surface area contributed by atoms with Gasteiger partial charge in [-0.25, -0.2) is 0 Å². The third-order valence-electron chi connectivity index (χ3n) is 9.56.